The van der Waals surface area contributed by atoms with Crippen molar-refractivity contribution in [1.82, 2.24) is 0 Å². The fourth-order valence-electron chi connectivity index (χ4n) is 1.69. The smallest absolute Gasteiger partial charge is 0.169 e. The lowest BCUT2D eigenvalue weighted by atomic mass is 9.88. The first-order valence-electron chi connectivity index (χ1n) is 5.06. The number of carbonyl (C=O) groups excluding carboxylic acids is 2. The zero-order valence-corrected chi connectivity index (χ0v) is 9.27. The Morgan fingerprint density at radius 1 is 1.44 bits per heavy atom. The van der Waals surface area contributed by atoms with Crippen LogP contribution < -0.4 is 5.73 Å². The second-order valence-electron chi connectivity index (χ2n) is 3.55. The van der Waals surface area contributed by atoms with E-state index >= 15 is 0 Å². The van der Waals surface area contributed by atoms with Gasteiger partial charge in [-0.05, 0) is 24.1 Å². The minimum absolute atomic E-state index is 0.189. The van der Waals surface area contributed by atoms with Gasteiger partial charge in [0, 0.05) is 6.54 Å². The molecule has 0 aliphatic heterocycles. The summed E-state index contributed by atoms with van der Waals surface area (Å²) in [4.78, 5) is 23.1. The van der Waals surface area contributed by atoms with E-state index in [0.717, 1.165) is 5.56 Å². The van der Waals surface area contributed by atoms with E-state index in [9.17, 15) is 9.59 Å². The van der Waals surface area contributed by atoms with Crippen LogP contribution in [0.5, 0.6) is 0 Å². The summed E-state index contributed by atoms with van der Waals surface area (Å²) in [6, 6.07) is 7.21. The lowest BCUT2D eigenvalue weighted by molar-refractivity contribution is -0.125. The van der Waals surface area contributed by atoms with Gasteiger partial charge >= 0.3 is 0 Å². The third kappa shape index (κ3) is 2.44. The third-order valence-corrected chi connectivity index (χ3v) is 2.48. The number of allylic oxidation sites excluding steroid dienone is 1. The number of ketones is 2. The van der Waals surface area contributed by atoms with Crippen molar-refractivity contribution in [2.24, 2.45) is 5.73 Å². The van der Waals surface area contributed by atoms with Gasteiger partial charge in [0.2, 0.25) is 0 Å². The number of hydrogen-bond donors (Lipinski definition) is 1. The molecule has 0 spiro atoms. The maximum atomic E-state index is 11.6. The lowest BCUT2D eigenvalue weighted by Gasteiger charge is -2.14. The summed E-state index contributed by atoms with van der Waals surface area (Å²) in [6.45, 7) is 5.12. The van der Waals surface area contributed by atoms with E-state index in [1.165, 1.54) is 13.0 Å². The standard InChI is InChI=1S/C13H15NO2/c1-3-12(16)13(9(2)15)11-7-5-4-6-10(11)8-14/h3-7,13H,1,8,14H2,2H3. The van der Waals surface area contributed by atoms with Crippen molar-refractivity contribution in [2.45, 2.75) is 19.4 Å². The normalized spacial score (nSPS) is 11.9. The summed E-state index contributed by atoms with van der Waals surface area (Å²) in [5.41, 5.74) is 7.08. The Balaban J connectivity index is 3.25. The SMILES string of the molecule is C=CC(=O)C(C(C)=O)c1ccccc1CN. The Kier molecular flexibility index (Phi) is 4.14. The molecule has 0 saturated heterocycles. The first kappa shape index (κ1) is 12.3. The first-order valence-corrected chi connectivity index (χ1v) is 5.06. The Morgan fingerprint density at radius 3 is 2.56 bits per heavy atom. The molecule has 0 aliphatic rings. The summed E-state index contributed by atoms with van der Waals surface area (Å²) >= 11 is 0. The molecule has 0 aromatic heterocycles. The van der Waals surface area contributed by atoms with Crippen LogP contribution in [0.15, 0.2) is 36.9 Å². The van der Waals surface area contributed by atoms with Gasteiger partial charge in [0.05, 0.1) is 0 Å². The van der Waals surface area contributed by atoms with Gasteiger partial charge in [-0.15, -0.1) is 0 Å². The van der Waals surface area contributed by atoms with Crippen molar-refractivity contribution in [2.75, 3.05) is 0 Å². The van der Waals surface area contributed by atoms with Gasteiger partial charge in [-0.2, -0.15) is 0 Å². The van der Waals surface area contributed by atoms with Crippen molar-refractivity contribution in [3.63, 3.8) is 0 Å². The van der Waals surface area contributed by atoms with Crippen LogP contribution in [0.2, 0.25) is 0 Å². The monoisotopic (exact) mass is 217 g/mol. The minimum atomic E-state index is -0.766. The highest BCUT2D eigenvalue weighted by atomic mass is 16.1. The van der Waals surface area contributed by atoms with Crippen LogP contribution in [0, 0.1) is 0 Å². The average Bonchev–Trinajstić information content (AvgIpc) is 2.29. The molecule has 2 N–H and O–H groups in total. The molecule has 0 amide bonds. The largest absolute Gasteiger partial charge is 0.326 e. The van der Waals surface area contributed by atoms with Crippen LogP contribution in [-0.2, 0) is 16.1 Å². The zero-order chi connectivity index (χ0) is 12.1. The predicted molar refractivity (Wildman–Crippen MR) is 63.0 cm³/mol. The van der Waals surface area contributed by atoms with Crippen molar-refractivity contribution in [1.29, 1.82) is 0 Å². The topological polar surface area (TPSA) is 60.2 Å². The number of carbonyl (C=O) groups is 2. The van der Waals surface area contributed by atoms with Crippen molar-refractivity contribution >= 4 is 11.6 Å². The molecular weight excluding hydrogens is 202 g/mol. The van der Waals surface area contributed by atoms with Crippen molar-refractivity contribution < 1.29 is 9.59 Å². The molecule has 0 radical (unpaired) electrons. The van der Waals surface area contributed by atoms with E-state index in [4.69, 9.17) is 5.73 Å². The van der Waals surface area contributed by atoms with E-state index in [0.29, 0.717) is 12.1 Å². The third-order valence-electron chi connectivity index (χ3n) is 2.48. The molecule has 84 valence electrons. The molecule has 1 rings (SSSR count). The fraction of sp³-hybridized carbons (Fsp3) is 0.231. The molecule has 1 aromatic rings. The molecule has 3 nitrogen and oxygen atoms in total. The fourth-order valence-corrected chi connectivity index (χ4v) is 1.69. The molecule has 3 heteroatoms. The van der Waals surface area contributed by atoms with Gasteiger partial charge in [0.1, 0.15) is 11.7 Å². The summed E-state index contributed by atoms with van der Waals surface area (Å²) < 4.78 is 0. The molecule has 0 saturated carbocycles. The number of Topliss-reactive ketones (excluding diaryl/α,β-unsaturated/α-hetero) is 1. The van der Waals surface area contributed by atoms with Crippen LogP contribution in [0.25, 0.3) is 0 Å². The maximum absolute atomic E-state index is 11.6. The molecule has 1 aromatic carbocycles. The van der Waals surface area contributed by atoms with E-state index in [2.05, 4.69) is 6.58 Å². The maximum Gasteiger partial charge on any atom is 0.169 e. The molecule has 1 atom stereocenters. The van der Waals surface area contributed by atoms with Gasteiger partial charge in [-0.25, -0.2) is 0 Å². The second-order valence-corrected chi connectivity index (χ2v) is 3.55. The van der Waals surface area contributed by atoms with E-state index in [1.807, 2.05) is 12.1 Å². The number of hydrogen-bond acceptors (Lipinski definition) is 3. The highest BCUT2D eigenvalue weighted by Crippen LogP contribution is 2.22. The highest BCUT2D eigenvalue weighted by molar-refractivity contribution is 6.11. The van der Waals surface area contributed by atoms with E-state index < -0.39 is 5.92 Å². The van der Waals surface area contributed by atoms with Crippen LogP contribution in [0.1, 0.15) is 24.0 Å². The summed E-state index contributed by atoms with van der Waals surface area (Å²) in [5.74, 6) is -1.24. The Labute approximate surface area is 95.0 Å². The minimum Gasteiger partial charge on any atom is -0.326 e. The molecular formula is C13H15NO2. The van der Waals surface area contributed by atoms with Crippen molar-refractivity contribution in [3.8, 4) is 0 Å². The molecule has 0 aliphatic carbocycles. The second kappa shape index (κ2) is 5.37. The number of nitrogens with two attached hydrogens (primary N) is 1. The highest BCUT2D eigenvalue weighted by Gasteiger charge is 2.24. The molecule has 1 unspecified atom stereocenters. The van der Waals surface area contributed by atoms with Crippen molar-refractivity contribution in [3.05, 3.63) is 48.0 Å². The summed E-state index contributed by atoms with van der Waals surface area (Å²) in [6.07, 6.45) is 1.18. The van der Waals surface area contributed by atoms with E-state index in [-0.39, 0.29) is 11.6 Å². The van der Waals surface area contributed by atoms with Crippen LogP contribution in [0.4, 0.5) is 0 Å². The Morgan fingerprint density at radius 2 is 2.06 bits per heavy atom. The van der Waals surface area contributed by atoms with Crippen LogP contribution in [-0.4, -0.2) is 11.6 Å². The van der Waals surface area contributed by atoms with E-state index in [1.54, 1.807) is 12.1 Å². The molecule has 16 heavy (non-hydrogen) atoms. The number of rotatable bonds is 5. The lowest BCUT2D eigenvalue weighted by Crippen LogP contribution is -2.20. The predicted octanol–water partition coefficient (Wildman–Crippen LogP) is 1.57. The number of benzene rings is 1. The van der Waals surface area contributed by atoms with Gasteiger partial charge < -0.3 is 5.73 Å². The first-order chi connectivity index (χ1) is 7.61. The van der Waals surface area contributed by atoms with Gasteiger partial charge in [0.25, 0.3) is 0 Å². The van der Waals surface area contributed by atoms with Gasteiger partial charge in [-0.3, -0.25) is 9.59 Å². The van der Waals surface area contributed by atoms with Crippen LogP contribution in [0.3, 0.4) is 0 Å². The summed E-state index contributed by atoms with van der Waals surface area (Å²) in [5, 5.41) is 0. The average molecular weight is 217 g/mol. The Bertz CT molecular complexity index is 424. The Hall–Kier alpha value is -1.74. The van der Waals surface area contributed by atoms with Gasteiger partial charge in [-0.1, -0.05) is 30.8 Å². The zero-order valence-electron chi connectivity index (χ0n) is 9.27. The van der Waals surface area contributed by atoms with Crippen LogP contribution >= 0.6 is 0 Å². The summed E-state index contributed by atoms with van der Waals surface area (Å²) in [7, 11) is 0. The molecule has 0 fully saturated rings. The molecule has 0 heterocycles. The van der Waals surface area contributed by atoms with Gasteiger partial charge in [0.15, 0.2) is 5.78 Å². The molecule has 0 bridgehead atoms. The quantitative estimate of drug-likeness (QED) is 0.601.